The van der Waals surface area contributed by atoms with E-state index in [2.05, 4.69) is 25.3 Å². The maximum Gasteiger partial charge on any atom is 0.257 e. The summed E-state index contributed by atoms with van der Waals surface area (Å²) in [6, 6.07) is 6.01. The molecule has 0 atom stereocenters. The lowest BCUT2D eigenvalue weighted by Crippen LogP contribution is -2.30. The van der Waals surface area contributed by atoms with Gasteiger partial charge in [-0.3, -0.25) is 4.79 Å². The van der Waals surface area contributed by atoms with Crippen LogP contribution in [0.5, 0.6) is 0 Å². The van der Waals surface area contributed by atoms with Gasteiger partial charge in [0.2, 0.25) is 0 Å². The first-order valence-corrected chi connectivity index (χ1v) is 9.42. The van der Waals surface area contributed by atoms with Gasteiger partial charge >= 0.3 is 0 Å². The maximum absolute atomic E-state index is 12.6. The van der Waals surface area contributed by atoms with Crippen molar-refractivity contribution < 1.29 is 4.79 Å². The van der Waals surface area contributed by atoms with Crippen LogP contribution in [-0.2, 0) is 6.54 Å². The predicted molar refractivity (Wildman–Crippen MR) is 104 cm³/mol. The van der Waals surface area contributed by atoms with Gasteiger partial charge in [-0.2, -0.15) is 5.10 Å². The van der Waals surface area contributed by atoms with Gasteiger partial charge in [-0.15, -0.1) is 0 Å². The van der Waals surface area contributed by atoms with Crippen molar-refractivity contribution in [3.63, 3.8) is 0 Å². The number of aryl methyl sites for hydroxylation is 2. The zero-order valence-corrected chi connectivity index (χ0v) is 15.8. The maximum atomic E-state index is 12.6. The first kappa shape index (κ1) is 17.5. The number of carbonyl (C=O) groups is 1. The van der Waals surface area contributed by atoms with Crippen molar-refractivity contribution >= 4 is 17.4 Å². The SMILES string of the molecule is Cc1cc(C)n2ncc(C(=O)NCc3ccc(N4CCCCC4)nc3)c2n1. The van der Waals surface area contributed by atoms with Crippen LogP contribution < -0.4 is 10.2 Å². The number of fused-ring (bicyclic) bond motifs is 1. The zero-order valence-electron chi connectivity index (χ0n) is 15.8. The Bertz CT molecular complexity index is 957. The third-order valence-electron chi connectivity index (χ3n) is 4.96. The van der Waals surface area contributed by atoms with Crippen LogP contribution in [0.2, 0.25) is 0 Å². The summed E-state index contributed by atoms with van der Waals surface area (Å²) in [6.45, 7) is 6.44. The van der Waals surface area contributed by atoms with Crippen molar-refractivity contribution in [3.05, 3.63) is 53.1 Å². The fourth-order valence-electron chi connectivity index (χ4n) is 3.54. The molecule has 1 saturated heterocycles. The Labute approximate surface area is 158 Å². The summed E-state index contributed by atoms with van der Waals surface area (Å²) in [5, 5.41) is 7.22. The molecule has 0 aromatic carbocycles. The number of anilines is 1. The smallest absolute Gasteiger partial charge is 0.257 e. The molecule has 4 rings (SSSR count). The van der Waals surface area contributed by atoms with Crippen LogP contribution in [-0.4, -0.2) is 38.6 Å². The molecule has 1 N–H and O–H groups in total. The fraction of sp³-hybridized carbons (Fsp3) is 0.400. The molecule has 7 heteroatoms. The normalized spacial score (nSPS) is 14.5. The number of nitrogens with zero attached hydrogens (tertiary/aromatic N) is 5. The molecule has 7 nitrogen and oxygen atoms in total. The molecule has 3 aromatic rings. The van der Waals surface area contributed by atoms with E-state index in [1.807, 2.05) is 38.2 Å². The Morgan fingerprint density at radius 1 is 1.15 bits per heavy atom. The highest BCUT2D eigenvalue weighted by atomic mass is 16.1. The number of nitrogens with one attached hydrogen (secondary N) is 1. The van der Waals surface area contributed by atoms with Crippen LogP contribution in [0, 0.1) is 13.8 Å². The lowest BCUT2D eigenvalue weighted by molar-refractivity contribution is 0.0952. The van der Waals surface area contributed by atoms with Gasteiger partial charge in [0.15, 0.2) is 5.65 Å². The van der Waals surface area contributed by atoms with E-state index < -0.39 is 0 Å². The number of carbonyl (C=O) groups excluding carboxylic acids is 1. The monoisotopic (exact) mass is 364 g/mol. The Morgan fingerprint density at radius 3 is 2.70 bits per heavy atom. The van der Waals surface area contributed by atoms with E-state index in [4.69, 9.17) is 0 Å². The van der Waals surface area contributed by atoms with Crippen LogP contribution in [0.15, 0.2) is 30.6 Å². The molecule has 1 fully saturated rings. The topological polar surface area (TPSA) is 75.4 Å². The molecular formula is C20H24N6O. The molecule has 3 aromatic heterocycles. The summed E-state index contributed by atoms with van der Waals surface area (Å²) >= 11 is 0. The molecular weight excluding hydrogens is 340 g/mol. The van der Waals surface area contributed by atoms with Crippen molar-refractivity contribution in [1.82, 2.24) is 24.9 Å². The predicted octanol–water partition coefficient (Wildman–Crippen LogP) is 2.66. The van der Waals surface area contributed by atoms with Crippen LogP contribution in [0.25, 0.3) is 5.65 Å². The number of amides is 1. The molecule has 0 saturated carbocycles. The second-order valence-corrected chi connectivity index (χ2v) is 7.09. The Morgan fingerprint density at radius 2 is 1.96 bits per heavy atom. The van der Waals surface area contributed by atoms with Crippen molar-refractivity contribution in [3.8, 4) is 0 Å². The molecule has 140 valence electrons. The van der Waals surface area contributed by atoms with E-state index in [9.17, 15) is 4.79 Å². The minimum atomic E-state index is -0.178. The highest BCUT2D eigenvalue weighted by molar-refractivity contribution is 5.99. The van der Waals surface area contributed by atoms with Crippen molar-refractivity contribution in [2.24, 2.45) is 0 Å². The average Bonchev–Trinajstić information content (AvgIpc) is 3.11. The molecule has 0 spiro atoms. The van der Waals surface area contributed by atoms with Crippen LogP contribution in [0.4, 0.5) is 5.82 Å². The minimum Gasteiger partial charge on any atom is -0.357 e. The van der Waals surface area contributed by atoms with Crippen LogP contribution in [0.3, 0.4) is 0 Å². The molecule has 0 aliphatic carbocycles. The summed E-state index contributed by atoms with van der Waals surface area (Å²) in [5.41, 5.74) is 3.87. The second-order valence-electron chi connectivity index (χ2n) is 7.09. The van der Waals surface area contributed by atoms with E-state index in [-0.39, 0.29) is 5.91 Å². The van der Waals surface area contributed by atoms with Gasteiger partial charge in [-0.25, -0.2) is 14.5 Å². The Kier molecular flexibility index (Phi) is 4.75. The van der Waals surface area contributed by atoms with Crippen molar-refractivity contribution in [2.75, 3.05) is 18.0 Å². The lowest BCUT2D eigenvalue weighted by atomic mass is 10.1. The van der Waals surface area contributed by atoms with Gasteiger partial charge < -0.3 is 10.2 Å². The molecule has 0 bridgehead atoms. The number of pyridine rings is 1. The summed E-state index contributed by atoms with van der Waals surface area (Å²) in [6.07, 6.45) is 7.17. The number of hydrogen-bond donors (Lipinski definition) is 1. The van der Waals surface area contributed by atoms with Gasteiger partial charge in [-0.1, -0.05) is 6.07 Å². The van der Waals surface area contributed by atoms with Crippen molar-refractivity contribution in [2.45, 2.75) is 39.7 Å². The van der Waals surface area contributed by atoms with Crippen LogP contribution >= 0.6 is 0 Å². The highest BCUT2D eigenvalue weighted by Crippen LogP contribution is 2.17. The first-order valence-electron chi connectivity index (χ1n) is 9.42. The number of aromatic nitrogens is 4. The minimum absolute atomic E-state index is 0.178. The molecule has 1 aliphatic rings. The van der Waals surface area contributed by atoms with Gasteiger partial charge in [0.05, 0.1) is 6.20 Å². The molecule has 4 heterocycles. The van der Waals surface area contributed by atoms with E-state index in [0.29, 0.717) is 17.8 Å². The zero-order chi connectivity index (χ0) is 18.8. The molecule has 1 amide bonds. The summed E-state index contributed by atoms with van der Waals surface area (Å²) in [7, 11) is 0. The number of rotatable bonds is 4. The Balaban J connectivity index is 1.43. The molecule has 27 heavy (non-hydrogen) atoms. The second kappa shape index (κ2) is 7.34. The van der Waals surface area contributed by atoms with Crippen molar-refractivity contribution in [1.29, 1.82) is 0 Å². The fourth-order valence-corrected chi connectivity index (χ4v) is 3.54. The standard InChI is InChI=1S/C20H24N6O/c1-14-10-15(2)26-19(24-14)17(13-23-26)20(27)22-12-16-6-7-18(21-11-16)25-8-4-3-5-9-25/h6-7,10-11,13H,3-5,8-9,12H2,1-2H3,(H,22,27). The van der Waals surface area contributed by atoms with E-state index >= 15 is 0 Å². The van der Waals surface area contributed by atoms with Crippen LogP contribution in [0.1, 0.15) is 46.6 Å². The van der Waals surface area contributed by atoms with E-state index in [1.54, 1.807) is 10.7 Å². The van der Waals surface area contributed by atoms with Gasteiger partial charge in [0, 0.05) is 37.2 Å². The molecule has 0 radical (unpaired) electrons. The summed E-state index contributed by atoms with van der Waals surface area (Å²) < 4.78 is 1.69. The summed E-state index contributed by atoms with van der Waals surface area (Å²) in [5.74, 6) is 0.838. The average molecular weight is 364 g/mol. The molecule has 1 aliphatic heterocycles. The van der Waals surface area contributed by atoms with E-state index in [0.717, 1.165) is 35.9 Å². The largest absolute Gasteiger partial charge is 0.357 e. The Hall–Kier alpha value is -2.96. The van der Waals surface area contributed by atoms with E-state index in [1.165, 1.54) is 19.3 Å². The van der Waals surface area contributed by atoms with Gasteiger partial charge in [-0.05, 0) is 50.8 Å². The molecule has 0 unspecified atom stereocenters. The van der Waals surface area contributed by atoms with Gasteiger partial charge in [0.25, 0.3) is 5.91 Å². The third kappa shape index (κ3) is 3.63. The third-order valence-corrected chi connectivity index (χ3v) is 4.96. The highest BCUT2D eigenvalue weighted by Gasteiger charge is 2.16. The number of hydrogen-bond acceptors (Lipinski definition) is 5. The lowest BCUT2D eigenvalue weighted by Gasteiger charge is -2.27. The summed E-state index contributed by atoms with van der Waals surface area (Å²) in [4.78, 5) is 23.9. The quantitative estimate of drug-likeness (QED) is 0.770. The van der Waals surface area contributed by atoms with Gasteiger partial charge in [0.1, 0.15) is 11.4 Å². The first-order chi connectivity index (χ1) is 13.1. The number of piperidine rings is 1.